The number of aliphatic hydroxyl groups is 1. The quantitative estimate of drug-likeness (QED) is 0.701. The molecule has 3 nitrogen and oxygen atoms in total. The molecule has 1 aromatic heterocycles. The van der Waals surface area contributed by atoms with E-state index >= 15 is 0 Å². The molecule has 1 heterocycles. The second kappa shape index (κ2) is 8.40. The third kappa shape index (κ3) is 4.88. The summed E-state index contributed by atoms with van der Waals surface area (Å²) in [6.07, 6.45) is 3.15. The highest BCUT2D eigenvalue weighted by Gasteiger charge is 2.13. The fourth-order valence-electron chi connectivity index (χ4n) is 1.79. The predicted molar refractivity (Wildman–Crippen MR) is 76.5 cm³/mol. The van der Waals surface area contributed by atoms with Crippen molar-refractivity contribution < 1.29 is 9.90 Å². The number of hydrogen-bond acceptors (Lipinski definition) is 4. The Bertz CT molecular complexity index is 362. The van der Waals surface area contributed by atoms with Crippen molar-refractivity contribution in [1.29, 1.82) is 0 Å². The summed E-state index contributed by atoms with van der Waals surface area (Å²) in [7, 11) is 0. The van der Waals surface area contributed by atoms with E-state index in [2.05, 4.69) is 13.8 Å². The standard InChI is InChI=1S/C14H23NO2S/c1-3-5-8-15(9-10-16)11-13(17)14-7-6-12(4-2)18-14/h6-7,16H,3-5,8-11H2,1-2H3. The van der Waals surface area contributed by atoms with Crippen LogP contribution in [0, 0.1) is 0 Å². The molecule has 0 aliphatic carbocycles. The summed E-state index contributed by atoms with van der Waals surface area (Å²) in [6.45, 7) is 6.23. The lowest BCUT2D eigenvalue weighted by Crippen LogP contribution is -2.33. The van der Waals surface area contributed by atoms with Crippen LogP contribution in [0.5, 0.6) is 0 Å². The van der Waals surface area contributed by atoms with E-state index in [1.807, 2.05) is 17.0 Å². The number of rotatable bonds is 9. The molecule has 1 aromatic rings. The van der Waals surface area contributed by atoms with Gasteiger partial charge in [-0.1, -0.05) is 20.3 Å². The van der Waals surface area contributed by atoms with Gasteiger partial charge >= 0.3 is 0 Å². The number of nitrogens with zero attached hydrogens (tertiary/aromatic N) is 1. The van der Waals surface area contributed by atoms with E-state index in [0.717, 1.165) is 30.7 Å². The second-order valence-corrected chi connectivity index (χ2v) is 5.56. The summed E-state index contributed by atoms with van der Waals surface area (Å²) in [6, 6.07) is 3.95. The maximum Gasteiger partial charge on any atom is 0.186 e. The Morgan fingerprint density at radius 1 is 1.33 bits per heavy atom. The highest BCUT2D eigenvalue weighted by atomic mass is 32.1. The van der Waals surface area contributed by atoms with Crippen molar-refractivity contribution >= 4 is 17.1 Å². The van der Waals surface area contributed by atoms with Crippen LogP contribution in [0.4, 0.5) is 0 Å². The minimum Gasteiger partial charge on any atom is -0.395 e. The lowest BCUT2D eigenvalue weighted by atomic mass is 10.2. The van der Waals surface area contributed by atoms with Gasteiger partial charge in [-0.2, -0.15) is 0 Å². The van der Waals surface area contributed by atoms with Gasteiger partial charge in [0.15, 0.2) is 5.78 Å². The van der Waals surface area contributed by atoms with Crippen LogP contribution in [-0.2, 0) is 6.42 Å². The van der Waals surface area contributed by atoms with Crippen LogP contribution in [-0.4, -0.2) is 42.0 Å². The first kappa shape index (κ1) is 15.3. The molecule has 0 spiro atoms. The molecule has 0 aliphatic heterocycles. The monoisotopic (exact) mass is 269 g/mol. The number of ketones is 1. The van der Waals surface area contributed by atoms with Gasteiger partial charge in [-0.05, 0) is 31.5 Å². The molecule has 18 heavy (non-hydrogen) atoms. The molecule has 1 N–H and O–H groups in total. The van der Waals surface area contributed by atoms with Gasteiger partial charge in [0, 0.05) is 11.4 Å². The summed E-state index contributed by atoms with van der Waals surface area (Å²) >= 11 is 1.59. The topological polar surface area (TPSA) is 40.5 Å². The molecule has 0 aromatic carbocycles. The van der Waals surface area contributed by atoms with Crippen LogP contribution in [0.1, 0.15) is 41.2 Å². The van der Waals surface area contributed by atoms with Gasteiger partial charge in [0.2, 0.25) is 0 Å². The SMILES string of the molecule is CCCCN(CCO)CC(=O)c1ccc(CC)s1. The molecule has 0 fully saturated rings. The van der Waals surface area contributed by atoms with Gasteiger partial charge in [0.25, 0.3) is 0 Å². The van der Waals surface area contributed by atoms with Gasteiger partial charge in [0.05, 0.1) is 18.0 Å². The van der Waals surface area contributed by atoms with Gasteiger partial charge in [-0.3, -0.25) is 9.69 Å². The Morgan fingerprint density at radius 2 is 2.11 bits per heavy atom. The lowest BCUT2D eigenvalue weighted by Gasteiger charge is -2.19. The molecular formula is C14H23NO2S. The maximum absolute atomic E-state index is 12.1. The van der Waals surface area contributed by atoms with Crippen LogP contribution in [0.2, 0.25) is 0 Å². The van der Waals surface area contributed by atoms with Gasteiger partial charge in [-0.25, -0.2) is 0 Å². The summed E-state index contributed by atoms with van der Waals surface area (Å²) < 4.78 is 0. The van der Waals surface area contributed by atoms with Gasteiger partial charge in [0.1, 0.15) is 0 Å². The van der Waals surface area contributed by atoms with Crippen molar-refractivity contribution in [3.8, 4) is 0 Å². The van der Waals surface area contributed by atoms with E-state index < -0.39 is 0 Å². The van der Waals surface area contributed by atoms with Crippen LogP contribution in [0.3, 0.4) is 0 Å². The fourth-order valence-corrected chi connectivity index (χ4v) is 2.67. The second-order valence-electron chi connectivity index (χ2n) is 4.40. The lowest BCUT2D eigenvalue weighted by molar-refractivity contribution is 0.0917. The minimum absolute atomic E-state index is 0.113. The highest BCUT2D eigenvalue weighted by Crippen LogP contribution is 2.17. The summed E-state index contributed by atoms with van der Waals surface area (Å²) in [5.41, 5.74) is 0. The first-order valence-corrected chi connectivity index (χ1v) is 7.48. The number of aryl methyl sites for hydroxylation is 1. The van der Waals surface area contributed by atoms with E-state index in [0.29, 0.717) is 13.1 Å². The molecule has 0 radical (unpaired) electrons. The van der Waals surface area contributed by atoms with E-state index in [-0.39, 0.29) is 12.4 Å². The largest absolute Gasteiger partial charge is 0.395 e. The Morgan fingerprint density at radius 3 is 2.67 bits per heavy atom. The number of aliphatic hydroxyl groups excluding tert-OH is 1. The van der Waals surface area contributed by atoms with Crippen molar-refractivity contribution in [2.24, 2.45) is 0 Å². The summed E-state index contributed by atoms with van der Waals surface area (Å²) in [5, 5.41) is 9.01. The highest BCUT2D eigenvalue weighted by molar-refractivity contribution is 7.14. The number of unbranched alkanes of at least 4 members (excludes halogenated alkanes) is 1. The van der Waals surface area contributed by atoms with Crippen LogP contribution >= 0.6 is 11.3 Å². The van der Waals surface area contributed by atoms with Gasteiger partial charge in [-0.15, -0.1) is 11.3 Å². The number of Topliss-reactive ketones (excluding diaryl/α,β-unsaturated/α-hetero) is 1. The molecular weight excluding hydrogens is 246 g/mol. The minimum atomic E-state index is 0.113. The smallest absolute Gasteiger partial charge is 0.186 e. The van der Waals surface area contributed by atoms with Crippen LogP contribution in [0.25, 0.3) is 0 Å². The zero-order valence-electron chi connectivity index (χ0n) is 11.3. The molecule has 0 aliphatic rings. The van der Waals surface area contributed by atoms with Crippen molar-refractivity contribution in [3.63, 3.8) is 0 Å². The van der Waals surface area contributed by atoms with Crippen LogP contribution < -0.4 is 0 Å². The molecule has 4 heteroatoms. The van der Waals surface area contributed by atoms with Crippen LogP contribution in [0.15, 0.2) is 12.1 Å². The molecule has 0 saturated heterocycles. The Labute approximate surface area is 113 Å². The Balaban J connectivity index is 2.53. The van der Waals surface area contributed by atoms with Gasteiger partial charge < -0.3 is 5.11 Å². The molecule has 102 valence electrons. The third-order valence-electron chi connectivity index (χ3n) is 2.90. The molecule has 0 amide bonds. The zero-order valence-corrected chi connectivity index (χ0v) is 12.1. The molecule has 0 unspecified atom stereocenters. The Kier molecular flexibility index (Phi) is 7.16. The fraction of sp³-hybridized carbons (Fsp3) is 0.643. The third-order valence-corrected chi connectivity index (χ3v) is 4.17. The maximum atomic E-state index is 12.1. The first-order valence-electron chi connectivity index (χ1n) is 6.66. The van der Waals surface area contributed by atoms with E-state index in [1.165, 1.54) is 4.88 Å². The van der Waals surface area contributed by atoms with Crippen molar-refractivity contribution in [2.45, 2.75) is 33.1 Å². The zero-order chi connectivity index (χ0) is 13.4. The predicted octanol–water partition coefficient (Wildman–Crippen LogP) is 2.59. The normalized spacial score (nSPS) is 11.1. The van der Waals surface area contributed by atoms with E-state index in [1.54, 1.807) is 11.3 Å². The number of carbonyl (C=O) groups is 1. The molecule has 0 bridgehead atoms. The molecule has 0 saturated carbocycles. The average Bonchev–Trinajstić information content (AvgIpc) is 2.85. The first-order chi connectivity index (χ1) is 8.71. The van der Waals surface area contributed by atoms with Crippen molar-refractivity contribution in [2.75, 3.05) is 26.2 Å². The van der Waals surface area contributed by atoms with E-state index in [9.17, 15) is 4.79 Å². The molecule has 0 atom stereocenters. The summed E-state index contributed by atoms with van der Waals surface area (Å²) in [4.78, 5) is 16.2. The average molecular weight is 269 g/mol. The Hall–Kier alpha value is -0.710. The van der Waals surface area contributed by atoms with E-state index in [4.69, 9.17) is 5.11 Å². The number of thiophene rings is 1. The van der Waals surface area contributed by atoms with Crippen molar-refractivity contribution in [3.05, 3.63) is 21.9 Å². The summed E-state index contributed by atoms with van der Waals surface area (Å²) in [5.74, 6) is 0.171. The molecule has 1 rings (SSSR count). The number of hydrogen-bond donors (Lipinski definition) is 1. The number of carbonyl (C=O) groups excluding carboxylic acids is 1. The van der Waals surface area contributed by atoms with Crippen molar-refractivity contribution in [1.82, 2.24) is 4.90 Å².